The molecular weight excluding hydrogens is 294 g/mol. The second kappa shape index (κ2) is 7.87. The van der Waals surface area contributed by atoms with Gasteiger partial charge >= 0.3 is 23.8 Å². The molecule has 0 aromatic carbocycles. The summed E-state index contributed by atoms with van der Waals surface area (Å²) in [5.41, 5.74) is -3.69. The molecule has 1 N–H and O–H groups in total. The molecule has 122 valence electrons. The van der Waals surface area contributed by atoms with Gasteiger partial charge in [-0.1, -0.05) is 0 Å². The number of carbonyl (C=O) groups is 3. The van der Waals surface area contributed by atoms with Gasteiger partial charge in [0, 0.05) is 0 Å². The summed E-state index contributed by atoms with van der Waals surface area (Å²) in [7, 11) is 0. The first-order chi connectivity index (χ1) is 9.67. The van der Waals surface area contributed by atoms with Gasteiger partial charge in [0.25, 0.3) is 0 Å². The molecule has 0 heterocycles. The lowest BCUT2D eigenvalue weighted by Gasteiger charge is -2.30. The largest absolute Gasteiger partial charge is 0.466 e. The summed E-state index contributed by atoms with van der Waals surface area (Å²) in [6.07, 6.45) is -1.44. The third-order valence-electron chi connectivity index (χ3n) is 2.37. The van der Waals surface area contributed by atoms with E-state index in [1.165, 1.54) is 20.8 Å². The van der Waals surface area contributed by atoms with Crippen molar-refractivity contribution in [2.75, 3.05) is 19.8 Å². The molecular formula is C12H18F2O7. The number of carbonyl (C=O) groups excluding carboxylic acids is 3. The van der Waals surface area contributed by atoms with E-state index in [9.17, 15) is 28.3 Å². The summed E-state index contributed by atoms with van der Waals surface area (Å²) in [5, 5.41) is 9.91. The standard InChI is InChI=1S/C12H18F2O7/c1-4-19-8(15)7-11(18,9(16)20-5-2)12(13,14)10(17)21-6-3/h18H,4-7H2,1-3H3. The van der Waals surface area contributed by atoms with Gasteiger partial charge in [-0.15, -0.1) is 0 Å². The molecule has 0 aliphatic rings. The monoisotopic (exact) mass is 312 g/mol. The Balaban J connectivity index is 5.52. The lowest BCUT2D eigenvalue weighted by atomic mass is 9.91. The highest BCUT2D eigenvalue weighted by Crippen LogP contribution is 2.35. The fourth-order valence-electron chi connectivity index (χ4n) is 1.37. The minimum atomic E-state index is -4.66. The van der Waals surface area contributed by atoms with Gasteiger partial charge in [-0.3, -0.25) is 4.79 Å². The molecule has 1 unspecified atom stereocenters. The van der Waals surface area contributed by atoms with Crippen molar-refractivity contribution in [3.63, 3.8) is 0 Å². The SMILES string of the molecule is CCOC(=O)CC(O)(C(=O)OCC)C(F)(F)C(=O)OCC. The van der Waals surface area contributed by atoms with Crippen molar-refractivity contribution < 1.29 is 42.5 Å². The molecule has 0 rings (SSSR count). The zero-order chi connectivity index (χ0) is 16.7. The van der Waals surface area contributed by atoms with Crippen LogP contribution in [0.3, 0.4) is 0 Å². The van der Waals surface area contributed by atoms with Gasteiger partial charge in [-0.25, -0.2) is 9.59 Å². The van der Waals surface area contributed by atoms with Crippen molar-refractivity contribution in [3.05, 3.63) is 0 Å². The van der Waals surface area contributed by atoms with Crippen molar-refractivity contribution in [1.29, 1.82) is 0 Å². The zero-order valence-corrected chi connectivity index (χ0v) is 12.0. The predicted octanol–water partition coefficient (Wildman–Crippen LogP) is 0.432. The van der Waals surface area contributed by atoms with E-state index in [0.29, 0.717) is 0 Å². The average molecular weight is 312 g/mol. The van der Waals surface area contributed by atoms with Crippen LogP contribution in [0.1, 0.15) is 27.2 Å². The third kappa shape index (κ3) is 4.35. The smallest absolute Gasteiger partial charge is 0.382 e. The topological polar surface area (TPSA) is 99.1 Å². The number of esters is 3. The van der Waals surface area contributed by atoms with Gasteiger partial charge in [-0.05, 0) is 20.8 Å². The van der Waals surface area contributed by atoms with E-state index in [1.54, 1.807) is 0 Å². The van der Waals surface area contributed by atoms with Crippen LogP contribution in [0.5, 0.6) is 0 Å². The number of hydrogen-bond donors (Lipinski definition) is 1. The maximum Gasteiger partial charge on any atom is 0.382 e. The Morgan fingerprint density at radius 1 is 0.905 bits per heavy atom. The van der Waals surface area contributed by atoms with Crippen molar-refractivity contribution >= 4 is 17.9 Å². The molecule has 21 heavy (non-hydrogen) atoms. The number of halogens is 2. The highest BCUT2D eigenvalue weighted by atomic mass is 19.3. The summed E-state index contributed by atoms with van der Waals surface area (Å²) in [5.74, 6) is -9.89. The second-order valence-electron chi connectivity index (χ2n) is 3.86. The van der Waals surface area contributed by atoms with Crippen LogP contribution in [0.25, 0.3) is 0 Å². The number of hydrogen-bond acceptors (Lipinski definition) is 7. The second-order valence-corrected chi connectivity index (χ2v) is 3.86. The molecule has 0 saturated heterocycles. The molecule has 9 heteroatoms. The normalized spacial score (nSPS) is 14.0. The third-order valence-corrected chi connectivity index (χ3v) is 2.37. The molecule has 1 atom stereocenters. The van der Waals surface area contributed by atoms with Gasteiger partial charge in [0.05, 0.1) is 26.2 Å². The van der Waals surface area contributed by atoms with E-state index < -0.39 is 42.5 Å². The average Bonchev–Trinajstić information content (AvgIpc) is 2.38. The van der Waals surface area contributed by atoms with E-state index >= 15 is 0 Å². The van der Waals surface area contributed by atoms with Crippen LogP contribution in [-0.4, -0.2) is 54.4 Å². The van der Waals surface area contributed by atoms with Gasteiger partial charge in [0.1, 0.15) is 0 Å². The summed E-state index contributed by atoms with van der Waals surface area (Å²) < 4.78 is 40.8. The van der Waals surface area contributed by atoms with Crippen LogP contribution >= 0.6 is 0 Å². The van der Waals surface area contributed by atoms with E-state index in [0.717, 1.165) is 0 Å². The summed E-state index contributed by atoms with van der Waals surface area (Å²) in [6.45, 7) is 3.11. The Kier molecular flexibility index (Phi) is 7.20. The number of aliphatic hydroxyl groups is 1. The van der Waals surface area contributed by atoms with Crippen LogP contribution in [-0.2, 0) is 28.6 Å². The van der Waals surface area contributed by atoms with Crippen molar-refractivity contribution in [1.82, 2.24) is 0 Å². The Morgan fingerprint density at radius 2 is 1.33 bits per heavy atom. The predicted molar refractivity (Wildman–Crippen MR) is 64.4 cm³/mol. The van der Waals surface area contributed by atoms with Crippen molar-refractivity contribution in [2.24, 2.45) is 0 Å². The highest BCUT2D eigenvalue weighted by molar-refractivity contribution is 5.94. The lowest BCUT2D eigenvalue weighted by molar-refractivity contribution is -0.227. The molecule has 0 aromatic rings. The number of ether oxygens (including phenoxy) is 3. The van der Waals surface area contributed by atoms with Crippen molar-refractivity contribution in [2.45, 2.75) is 38.7 Å². The van der Waals surface area contributed by atoms with Gasteiger partial charge in [0.15, 0.2) is 0 Å². The minimum Gasteiger partial charge on any atom is -0.466 e. The fourth-order valence-corrected chi connectivity index (χ4v) is 1.37. The number of alkyl halides is 2. The van der Waals surface area contributed by atoms with Crippen LogP contribution in [0.4, 0.5) is 8.78 Å². The quantitative estimate of drug-likeness (QED) is 0.512. The first-order valence-corrected chi connectivity index (χ1v) is 6.27. The van der Waals surface area contributed by atoms with Gasteiger partial charge in [-0.2, -0.15) is 8.78 Å². The lowest BCUT2D eigenvalue weighted by Crippen LogP contribution is -2.60. The Bertz CT molecular complexity index is 397. The number of rotatable bonds is 8. The van der Waals surface area contributed by atoms with Crippen LogP contribution < -0.4 is 0 Å². The molecule has 7 nitrogen and oxygen atoms in total. The van der Waals surface area contributed by atoms with Crippen LogP contribution in [0.2, 0.25) is 0 Å². The van der Waals surface area contributed by atoms with Crippen LogP contribution in [0.15, 0.2) is 0 Å². The van der Waals surface area contributed by atoms with Gasteiger partial charge < -0.3 is 19.3 Å². The molecule has 0 bridgehead atoms. The first kappa shape index (κ1) is 19.2. The maximum absolute atomic E-state index is 14.0. The first-order valence-electron chi connectivity index (χ1n) is 6.27. The molecule has 0 aliphatic carbocycles. The van der Waals surface area contributed by atoms with Crippen LogP contribution in [0, 0.1) is 0 Å². The maximum atomic E-state index is 14.0. The molecule has 0 saturated carbocycles. The Hall–Kier alpha value is -1.77. The summed E-state index contributed by atoms with van der Waals surface area (Å²) >= 11 is 0. The van der Waals surface area contributed by atoms with Gasteiger partial charge in [0.2, 0.25) is 5.60 Å². The zero-order valence-electron chi connectivity index (χ0n) is 12.0. The fraction of sp³-hybridized carbons (Fsp3) is 0.750. The summed E-state index contributed by atoms with van der Waals surface area (Å²) in [6, 6.07) is 0. The molecule has 0 radical (unpaired) electrons. The van der Waals surface area contributed by atoms with E-state index in [-0.39, 0.29) is 13.2 Å². The van der Waals surface area contributed by atoms with E-state index in [1.807, 2.05) is 0 Å². The van der Waals surface area contributed by atoms with Crippen molar-refractivity contribution in [3.8, 4) is 0 Å². The highest BCUT2D eigenvalue weighted by Gasteiger charge is 2.66. The molecule has 0 fully saturated rings. The molecule has 0 spiro atoms. The Morgan fingerprint density at radius 3 is 1.76 bits per heavy atom. The molecule has 0 aromatic heterocycles. The van der Waals surface area contributed by atoms with E-state index in [4.69, 9.17) is 0 Å². The summed E-state index contributed by atoms with van der Waals surface area (Å²) in [4.78, 5) is 34.2. The minimum absolute atomic E-state index is 0.150. The Labute approximate surface area is 120 Å². The molecule has 0 aliphatic heterocycles. The molecule has 0 amide bonds. The van der Waals surface area contributed by atoms with E-state index in [2.05, 4.69) is 14.2 Å².